The van der Waals surface area contributed by atoms with Crippen molar-refractivity contribution >= 4 is 17.8 Å². The minimum Gasteiger partial charge on any atom is -0.464 e. The first kappa shape index (κ1) is 23.4. The van der Waals surface area contributed by atoms with Crippen LogP contribution in [0.4, 0.5) is 0 Å². The number of rotatable bonds is 14. The standard InChI is InChI=1S/C19H35NO5/c1-5-8-9-10-11-12-13-14-15-19(20-16(4)21,17(22)24-6-2)18(23)25-7-3/h5-15H2,1-4H3,(H,20,21). The van der Waals surface area contributed by atoms with E-state index in [-0.39, 0.29) is 19.6 Å². The molecule has 1 amide bonds. The first-order chi connectivity index (χ1) is 11.9. The van der Waals surface area contributed by atoms with Crippen LogP contribution in [-0.2, 0) is 23.9 Å². The zero-order chi connectivity index (χ0) is 19.1. The molecule has 6 nitrogen and oxygen atoms in total. The van der Waals surface area contributed by atoms with Gasteiger partial charge in [-0.15, -0.1) is 0 Å². The van der Waals surface area contributed by atoms with E-state index < -0.39 is 23.4 Å². The molecule has 0 saturated carbocycles. The molecule has 6 heteroatoms. The topological polar surface area (TPSA) is 81.7 Å². The maximum atomic E-state index is 12.4. The number of nitrogens with one attached hydrogen (secondary N) is 1. The predicted molar refractivity (Wildman–Crippen MR) is 97.0 cm³/mol. The van der Waals surface area contributed by atoms with Gasteiger partial charge in [0, 0.05) is 6.92 Å². The molecule has 0 unspecified atom stereocenters. The molecule has 0 aromatic carbocycles. The first-order valence-corrected chi connectivity index (χ1v) is 9.57. The van der Waals surface area contributed by atoms with Gasteiger partial charge in [0.05, 0.1) is 13.2 Å². The number of hydrogen-bond acceptors (Lipinski definition) is 5. The van der Waals surface area contributed by atoms with Crippen LogP contribution in [-0.4, -0.2) is 36.6 Å². The Hall–Kier alpha value is -1.59. The summed E-state index contributed by atoms with van der Waals surface area (Å²) in [5.74, 6) is -1.95. The van der Waals surface area contributed by atoms with E-state index in [4.69, 9.17) is 9.47 Å². The largest absolute Gasteiger partial charge is 0.464 e. The highest BCUT2D eigenvalue weighted by atomic mass is 16.6. The van der Waals surface area contributed by atoms with E-state index in [1.807, 2.05) is 0 Å². The third-order valence-corrected chi connectivity index (χ3v) is 4.04. The lowest BCUT2D eigenvalue weighted by Crippen LogP contribution is -2.61. The first-order valence-electron chi connectivity index (χ1n) is 9.57. The molecule has 0 saturated heterocycles. The van der Waals surface area contributed by atoms with Crippen molar-refractivity contribution in [3.05, 3.63) is 0 Å². The van der Waals surface area contributed by atoms with Gasteiger partial charge in [-0.25, -0.2) is 9.59 Å². The lowest BCUT2D eigenvalue weighted by Gasteiger charge is -2.29. The quantitative estimate of drug-likeness (QED) is 0.292. The Morgan fingerprint density at radius 1 is 0.760 bits per heavy atom. The van der Waals surface area contributed by atoms with Crippen molar-refractivity contribution in [2.45, 2.75) is 91.0 Å². The summed E-state index contributed by atoms with van der Waals surface area (Å²) < 4.78 is 10.1. The summed E-state index contributed by atoms with van der Waals surface area (Å²) in [6.45, 7) is 7.07. The minimum absolute atomic E-state index is 0.136. The monoisotopic (exact) mass is 357 g/mol. The zero-order valence-corrected chi connectivity index (χ0v) is 16.3. The number of ether oxygens (including phenoxy) is 2. The second kappa shape index (κ2) is 13.7. The molecule has 1 N–H and O–H groups in total. The summed E-state index contributed by atoms with van der Waals surface area (Å²) in [6, 6.07) is 0. The van der Waals surface area contributed by atoms with Gasteiger partial charge in [-0.05, 0) is 26.7 Å². The van der Waals surface area contributed by atoms with Crippen LogP contribution in [0.2, 0.25) is 0 Å². The Kier molecular flexibility index (Phi) is 12.8. The highest BCUT2D eigenvalue weighted by Gasteiger charge is 2.49. The van der Waals surface area contributed by atoms with Gasteiger partial charge in [0.1, 0.15) is 0 Å². The predicted octanol–water partition coefficient (Wildman–Crippen LogP) is 3.52. The molecule has 0 heterocycles. The fourth-order valence-electron chi connectivity index (χ4n) is 2.79. The maximum Gasteiger partial charge on any atom is 0.343 e. The number of esters is 2. The summed E-state index contributed by atoms with van der Waals surface area (Å²) in [5.41, 5.74) is -1.74. The highest BCUT2D eigenvalue weighted by Crippen LogP contribution is 2.21. The lowest BCUT2D eigenvalue weighted by atomic mass is 9.91. The highest BCUT2D eigenvalue weighted by molar-refractivity contribution is 6.07. The fourth-order valence-corrected chi connectivity index (χ4v) is 2.79. The molecule has 0 rings (SSSR count). The molecule has 0 spiro atoms. The normalized spacial score (nSPS) is 11.0. The molecular formula is C19H35NO5. The van der Waals surface area contributed by atoms with E-state index in [0.717, 1.165) is 19.3 Å². The van der Waals surface area contributed by atoms with Crippen LogP contribution >= 0.6 is 0 Å². The molecule has 0 atom stereocenters. The molecular weight excluding hydrogens is 322 g/mol. The second-order valence-corrected chi connectivity index (χ2v) is 6.25. The Morgan fingerprint density at radius 2 is 1.20 bits per heavy atom. The number of hydrogen-bond donors (Lipinski definition) is 1. The SMILES string of the molecule is CCCCCCCCCCC(NC(C)=O)(C(=O)OCC)C(=O)OCC. The number of carbonyl (C=O) groups is 3. The molecule has 25 heavy (non-hydrogen) atoms. The smallest absolute Gasteiger partial charge is 0.343 e. The van der Waals surface area contributed by atoms with E-state index in [1.165, 1.54) is 32.6 Å². The third-order valence-electron chi connectivity index (χ3n) is 4.04. The summed E-state index contributed by atoms with van der Waals surface area (Å²) in [7, 11) is 0. The summed E-state index contributed by atoms with van der Waals surface area (Å²) in [6.07, 6.45) is 8.86. The number of carbonyl (C=O) groups excluding carboxylic acids is 3. The van der Waals surface area contributed by atoms with Crippen LogP contribution in [0.3, 0.4) is 0 Å². The number of unbranched alkanes of at least 4 members (excludes halogenated alkanes) is 7. The van der Waals surface area contributed by atoms with E-state index in [0.29, 0.717) is 6.42 Å². The second-order valence-electron chi connectivity index (χ2n) is 6.25. The molecule has 0 aromatic rings. The van der Waals surface area contributed by atoms with E-state index in [1.54, 1.807) is 13.8 Å². The van der Waals surface area contributed by atoms with E-state index in [2.05, 4.69) is 12.2 Å². The van der Waals surface area contributed by atoms with Crippen LogP contribution in [0.25, 0.3) is 0 Å². The van der Waals surface area contributed by atoms with Crippen molar-refractivity contribution in [3.8, 4) is 0 Å². The van der Waals surface area contributed by atoms with Crippen molar-refractivity contribution in [1.82, 2.24) is 5.32 Å². The number of amides is 1. The van der Waals surface area contributed by atoms with Gasteiger partial charge in [-0.2, -0.15) is 0 Å². The molecule has 0 aliphatic heterocycles. The van der Waals surface area contributed by atoms with Crippen molar-refractivity contribution in [2.75, 3.05) is 13.2 Å². The maximum absolute atomic E-state index is 12.4. The van der Waals surface area contributed by atoms with E-state index >= 15 is 0 Å². The molecule has 0 radical (unpaired) electrons. The van der Waals surface area contributed by atoms with Gasteiger partial charge in [-0.1, -0.05) is 51.9 Å². The van der Waals surface area contributed by atoms with Gasteiger partial charge in [0.2, 0.25) is 11.4 Å². The fraction of sp³-hybridized carbons (Fsp3) is 0.842. The molecule has 146 valence electrons. The van der Waals surface area contributed by atoms with Gasteiger partial charge in [0.15, 0.2) is 0 Å². The zero-order valence-electron chi connectivity index (χ0n) is 16.3. The van der Waals surface area contributed by atoms with Crippen LogP contribution < -0.4 is 5.32 Å². The molecule has 0 aliphatic carbocycles. The summed E-state index contributed by atoms with van der Waals surface area (Å²) >= 11 is 0. The average molecular weight is 357 g/mol. The van der Waals surface area contributed by atoms with Gasteiger partial charge < -0.3 is 14.8 Å². The molecule has 0 fully saturated rings. The van der Waals surface area contributed by atoms with Crippen molar-refractivity contribution in [2.24, 2.45) is 0 Å². The van der Waals surface area contributed by atoms with Crippen molar-refractivity contribution in [3.63, 3.8) is 0 Å². The van der Waals surface area contributed by atoms with Crippen LogP contribution in [0.15, 0.2) is 0 Å². The Bertz CT molecular complexity index is 391. The molecule has 0 bridgehead atoms. The lowest BCUT2D eigenvalue weighted by molar-refractivity contribution is -0.168. The Labute approximate surface area is 152 Å². The van der Waals surface area contributed by atoms with Gasteiger partial charge >= 0.3 is 11.9 Å². The van der Waals surface area contributed by atoms with E-state index in [9.17, 15) is 14.4 Å². The molecule has 0 aromatic heterocycles. The Morgan fingerprint density at radius 3 is 1.60 bits per heavy atom. The summed E-state index contributed by atoms with van der Waals surface area (Å²) in [4.78, 5) is 36.4. The van der Waals surface area contributed by atoms with Gasteiger partial charge in [-0.3, -0.25) is 4.79 Å². The van der Waals surface area contributed by atoms with Crippen LogP contribution in [0, 0.1) is 0 Å². The van der Waals surface area contributed by atoms with Crippen LogP contribution in [0.5, 0.6) is 0 Å². The minimum atomic E-state index is -1.74. The van der Waals surface area contributed by atoms with Crippen molar-refractivity contribution < 1.29 is 23.9 Å². The van der Waals surface area contributed by atoms with Gasteiger partial charge in [0.25, 0.3) is 0 Å². The average Bonchev–Trinajstić information content (AvgIpc) is 2.56. The third kappa shape index (κ3) is 8.89. The summed E-state index contributed by atoms with van der Waals surface area (Å²) in [5, 5.41) is 2.49. The Balaban J connectivity index is 4.77. The van der Waals surface area contributed by atoms with Crippen LogP contribution in [0.1, 0.15) is 85.5 Å². The van der Waals surface area contributed by atoms with Crippen molar-refractivity contribution in [1.29, 1.82) is 0 Å². The molecule has 0 aliphatic rings.